The summed E-state index contributed by atoms with van der Waals surface area (Å²) in [6.07, 6.45) is 2.50. The molecule has 3 aliphatic rings. The minimum absolute atomic E-state index is 0.0776. The number of likely N-dealkylation sites (tertiary alicyclic amines) is 1. The molecule has 6 atom stereocenters. The van der Waals surface area contributed by atoms with Crippen molar-refractivity contribution in [3.8, 4) is 0 Å². The van der Waals surface area contributed by atoms with Crippen molar-refractivity contribution in [1.29, 1.82) is 0 Å². The van der Waals surface area contributed by atoms with Crippen molar-refractivity contribution in [2.24, 2.45) is 28.1 Å². The molecule has 2 aliphatic heterocycles. The Morgan fingerprint density at radius 1 is 1.00 bits per heavy atom. The summed E-state index contributed by atoms with van der Waals surface area (Å²) in [6.45, 7) is 22.9. The van der Waals surface area contributed by atoms with Crippen LogP contribution in [0.1, 0.15) is 75.2 Å². The summed E-state index contributed by atoms with van der Waals surface area (Å²) in [6, 6.07) is -3.91. The Labute approximate surface area is 280 Å². The lowest BCUT2D eigenvalue weighted by Gasteiger charge is -2.41. The third-order valence-electron chi connectivity index (χ3n) is 10.1. The van der Waals surface area contributed by atoms with Crippen LogP contribution >= 0.6 is 0 Å². The van der Waals surface area contributed by atoms with Gasteiger partial charge in [0.15, 0.2) is 0 Å². The van der Waals surface area contributed by atoms with Crippen molar-refractivity contribution in [2.75, 3.05) is 39.8 Å². The smallest absolute Gasteiger partial charge is 0.319 e. The molecule has 0 spiro atoms. The van der Waals surface area contributed by atoms with Gasteiger partial charge in [-0.3, -0.25) is 19.2 Å². The van der Waals surface area contributed by atoms with E-state index in [1.54, 1.807) is 23.8 Å². The highest BCUT2D eigenvalue weighted by Crippen LogP contribution is 2.65. The number of hydrogen-bond donors (Lipinski definition) is 4. The van der Waals surface area contributed by atoms with Gasteiger partial charge in [0.2, 0.25) is 17.6 Å². The minimum Gasteiger partial charge on any atom is -0.346 e. The van der Waals surface area contributed by atoms with Crippen LogP contribution in [0.4, 0.5) is 9.59 Å². The van der Waals surface area contributed by atoms with E-state index in [2.05, 4.69) is 41.7 Å². The highest BCUT2D eigenvalue weighted by molar-refractivity contribution is 6.38. The van der Waals surface area contributed by atoms with Crippen LogP contribution in [0.3, 0.4) is 0 Å². The Morgan fingerprint density at radius 2 is 1.64 bits per heavy atom. The zero-order valence-electron chi connectivity index (χ0n) is 30.0. The van der Waals surface area contributed by atoms with Gasteiger partial charge in [-0.25, -0.2) is 9.59 Å². The second kappa shape index (κ2) is 14.2. The van der Waals surface area contributed by atoms with Crippen molar-refractivity contribution in [3.63, 3.8) is 0 Å². The quantitative estimate of drug-likeness (QED) is 0.186. The van der Waals surface area contributed by atoms with Crippen LogP contribution in [0.5, 0.6) is 0 Å². The molecule has 2 heterocycles. The molecule has 0 aromatic heterocycles. The highest BCUT2D eigenvalue weighted by Gasteiger charge is 2.70. The number of urea groups is 2. The van der Waals surface area contributed by atoms with E-state index in [9.17, 15) is 28.8 Å². The van der Waals surface area contributed by atoms with E-state index < -0.39 is 58.6 Å². The number of rotatable bonds is 12. The molecule has 3 fully saturated rings. The van der Waals surface area contributed by atoms with Crippen molar-refractivity contribution in [3.05, 3.63) is 12.7 Å². The molecule has 13 nitrogen and oxygen atoms in total. The first kappa shape index (κ1) is 37.8. The zero-order chi connectivity index (χ0) is 35.6. The van der Waals surface area contributed by atoms with Gasteiger partial charge in [0, 0.05) is 39.8 Å². The summed E-state index contributed by atoms with van der Waals surface area (Å²) in [4.78, 5) is 84.6. The fourth-order valence-corrected chi connectivity index (χ4v) is 6.84. The molecule has 2 saturated heterocycles. The zero-order valence-corrected chi connectivity index (χ0v) is 30.0. The number of amides is 7. The van der Waals surface area contributed by atoms with Crippen LogP contribution in [-0.2, 0) is 19.2 Å². The normalized spacial score (nSPS) is 24.0. The van der Waals surface area contributed by atoms with Crippen molar-refractivity contribution in [2.45, 2.75) is 99.3 Å². The van der Waals surface area contributed by atoms with Gasteiger partial charge in [0.05, 0.1) is 12.1 Å². The molecule has 0 aromatic carbocycles. The molecule has 7 amide bonds. The molecular weight excluding hydrogens is 602 g/mol. The second-order valence-corrected chi connectivity index (χ2v) is 16.1. The van der Waals surface area contributed by atoms with Gasteiger partial charge in [0.1, 0.15) is 12.1 Å². The molecule has 1 saturated carbocycles. The Kier molecular flexibility index (Phi) is 11.4. The average molecular weight is 660 g/mol. The van der Waals surface area contributed by atoms with E-state index in [0.29, 0.717) is 26.2 Å². The summed E-state index contributed by atoms with van der Waals surface area (Å²) in [5.41, 5.74) is -1.30. The summed E-state index contributed by atoms with van der Waals surface area (Å²) in [7, 11) is 1.76. The van der Waals surface area contributed by atoms with E-state index in [-0.39, 0.29) is 42.2 Å². The SMILES string of the molecule is C=CCNC(=O)C(=O)C(CC)NC(=O)[C@@H]1[C@@H]2[C@H](CN1C(=O)[C@@H](NC(=O)N[C@H](CN1CCCN(C)C1=O)C(C)(C)C)C(C)(C)C)C2(C)C. The number of carbonyl (C=O) groups excluding carboxylic acids is 6. The van der Waals surface area contributed by atoms with Crippen LogP contribution in [0.25, 0.3) is 0 Å². The molecule has 0 aromatic rings. The maximum atomic E-state index is 14.3. The Hall–Kier alpha value is -3.64. The fourth-order valence-electron chi connectivity index (χ4n) is 6.84. The molecule has 1 aliphatic carbocycles. The van der Waals surface area contributed by atoms with Crippen molar-refractivity contribution in [1.82, 2.24) is 36.0 Å². The van der Waals surface area contributed by atoms with E-state index in [4.69, 9.17) is 0 Å². The third kappa shape index (κ3) is 8.45. The van der Waals surface area contributed by atoms with Crippen LogP contribution in [0.15, 0.2) is 12.7 Å². The molecule has 0 bridgehead atoms. The summed E-state index contributed by atoms with van der Waals surface area (Å²) in [5, 5.41) is 11.1. The predicted molar refractivity (Wildman–Crippen MR) is 179 cm³/mol. The van der Waals surface area contributed by atoms with E-state index in [0.717, 1.165) is 6.42 Å². The van der Waals surface area contributed by atoms with E-state index >= 15 is 0 Å². The molecule has 0 radical (unpaired) electrons. The number of hydrogen-bond acceptors (Lipinski definition) is 6. The van der Waals surface area contributed by atoms with Gasteiger partial charge in [0.25, 0.3) is 5.91 Å². The molecule has 3 rings (SSSR count). The maximum Gasteiger partial charge on any atom is 0.319 e. The summed E-state index contributed by atoms with van der Waals surface area (Å²) in [5.74, 6) is -2.51. The molecule has 13 heteroatoms. The molecule has 1 unspecified atom stereocenters. The number of piperidine rings is 1. The predicted octanol–water partition coefficient (Wildman–Crippen LogP) is 2.12. The molecular formula is C34H57N7O6. The van der Waals surface area contributed by atoms with Gasteiger partial charge in [-0.05, 0) is 40.9 Å². The van der Waals surface area contributed by atoms with Crippen LogP contribution in [-0.4, -0.2) is 114 Å². The Bertz CT molecular complexity index is 1250. The molecule has 47 heavy (non-hydrogen) atoms. The van der Waals surface area contributed by atoms with Crippen LogP contribution < -0.4 is 21.3 Å². The standard InChI is InChI=1S/C34H57N7O6/c1-12-15-35-28(44)25(42)21(13-2)36-27(43)24-23-20(34(23,9)10)18-41(24)29(45)26(33(6,7)8)38-30(46)37-22(32(3,4)5)19-40-17-14-16-39(11)31(40)47/h12,20-24,26H,1,13-19H2,2-11H3,(H,35,44)(H,36,43)(H2,37,38,46)/t20-,21?,22+,23-,24-,26+/m0/s1. The second-order valence-electron chi connectivity index (χ2n) is 16.1. The van der Waals surface area contributed by atoms with Gasteiger partial charge in [-0.15, -0.1) is 6.58 Å². The first-order chi connectivity index (χ1) is 21.7. The first-order valence-electron chi connectivity index (χ1n) is 16.8. The highest BCUT2D eigenvalue weighted by atomic mass is 16.2. The van der Waals surface area contributed by atoms with Gasteiger partial charge < -0.3 is 36.0 Å². The number of Topliss-reactive ketones (excluding diaryl/α,β-unsaturated/α-hetero) is 1. The third-order valence-corrected chi connectivity index (χ3v) is 10.1. The minimum atomic E-state index is -1.05. The number of nitrogens with zero attached hydrogens (tertiary/aromatic N) is 3. The van der Waals surface area contributed by atoms with Crippen molar-refractivity contribution >= 4 is 35.6 Å². The van der Waals surface area contributed by atoms with Crippen molar-refractivity contribution < 1.29 is 28.8 Å². The topological polar surface area (TPSA) is 160 Å². The number of nitrogens with one attached hydrogen (secondary N) is 4. The molecule has 4 N–H and O–H groups in total. The largest absolute Gasteiger partial charge is 0.346 e. The van der Waals surface area contributed by atoms with Gasteiger partial charge in [-0.1, -0.05) is 68.4 Å². The monoisotopic (exact) mass is 659 g/mol. The molecule has 264 valence electrons. The average Bonchev–Trinajstić information content (AvgIpc) is 3.28. The van der Waals surface area contributed by atoms with Crippen LogP contribution in [0.2, 0.25) is 0 Å². The van der Waals surface area contributed by atoms with Gasteiger partial charge >= 0.3 is 12.1 Å². The number of carbonyl (C=O) groups is 6. The lowest BCUT2D eigenvalue weighted by molar-refractivity contribution is -0.145. The summed E-state index contributed by atoms with van der Waals surface area (Å²) >= 11 is 0. The van der Waals surface area contributed by atoms with Gasteiger partial charge in [-0.2, -0.15) is 0 Å². The lowest BCUT2D eigenvalue weighted by Crippen LogP contribution is -2.63. The van der Waals surface area contributed by atoms with Crippen LogP contribution in [0, 0.1) is 28.1 Å². The number of fused-ring (bicyclic) bond motifs is 1. The fraction of sp³-hybridized carbons (Fsp3) is 0.765. The van der Waals surface area contributed by atoms with E-state index in [1.807, 2.05) is 41.5 Å². The Balaban J connectivity index is 1.80. The Morgan fingerprint density at radius 3 is 2.19 bits per heavy atom. The lowest BCUT2D eigenvalue weighted by atomic mass is 9.84. The number of ketones is 1. The first-order valence-corrected chi connectivity index (χ1v) is 16.8. The van der Waals surface area contributed by atoms with E-state index in [1.165, 1.54) is 11.0 Å². The maximum absolute atomic E-state index is 14.3. The summed E-state index contributed by atoms with van der Waals surface area (Å²) < 4.78 is 0.